The number of aliphatic hydroxyl groups excluding tert-OH is 1. The fourth-order valence-electron chi connectivity index (χ4n) is 1.47. The van der Waals surface area contributed by atoms with Crippen molar-refractivity contribution in [3.63, 3.8) is 0 Å². The number of nitrogens with one attached hydrogen (secondary N) is 1. The quantitative estimate of drug-likeness (QED) is 0.807. The average molecular weight is 269 g/mol. The van der Waals surface area contributed by atoms with Crippen LogP contribution in [0, 0.1) is 5.92 Å². The Bertz CT molecular complexity index is 434. The second-order valence-corrected chi connectivity index (χ2v) is 5.85. The Labute approximate surface area is 110 Å². The summed E-state index contributed by atoms with van der Waals surface area (Å²) in [7, 11) is -0.915. The van der Waals surface area contributed by atoms with E-state index in [4.69, 9.17) is 5.11 Å². The zero-order valence-corrected chi connectivity index (χ0v) is 11.5. The zero-order chi connectivity index (χ0) is 13.5. The predicted octanol–water partition coefficient (Wildman–Crippen LogP) is 0.923. The molecule has 0 aliphatic carbocycles. The molecule has 0 saturated heterocycles. The van der Waals surface area contributed by atoms with Gasteiger partial charge in [0.25, 0.3) is 5.91 Å². The van der Waals surface area contributed by atoms with E-state index in [-0.39, 0.29) is 18.4 Å². The lowest BCUT2D eigenvalue weighted by atomic mass is 10.1. The molecule has 0 aromatic heterocycles. The van der Waals surface area contributed by atoms with Gasteiger partial charge in [0.05, 0.1) is 0 Å². The molecule has 0 aliphatic heterocycles. The normalized spacial score (nSPS) is 13.9. The van der Waals surface area contributed by atoms with Crippen molar-refractivity contribution >= 4 is 16.7 Å². The lowest BCUT2D eigenvalue weighted by Gasteiger charge is -2.10. The molecule has 18 heavy (non-hydrogen) atoms. The molecular weight excluding hydrogens is 250 g/mol. The summed E-state index contributed by atoms with van der Waals surface area (Å²) in [4.78, 5) is 11.8. The molecule has 0 bridgehead atoms. The summed E-state index contributed by atoms with van der Waals surface area (Å²) >= 11 is 0. The van der Waals surface area contributed by atoms with Gasteiger partial charge in [-0.05, 0) is 23.6 Å². The number of hydrogen-bond acceptors (Lipinski definition) is 3. The van der Waals surface area contributed by atoms with Gasteiger partial charge >= 0.3 is 0 Å². The molecule has 0 aliphatic rings. The molecule has 2 N–H and O–H groups in total. The van der Waals surface area contributed by atoms with Crippen LogP contribution in [-0.4, -0.2) is 34.6 Å². The molecule has 0 saturated carbocycles. The highest BCUT2D eigenvalue weighted by Crippen LogP contribution is 2.07. The largest absolute Gasteiger partial charge is 0.396 e. The van der Waals surface area contributed by atoms with E-state index in [9.17, 15) is 9.00 Å². The molecule has 5 heteroatoms. The summed E-state index contributed by atoms with van der Waals surface area (Å²) in [5, 5.41) is 11.6. The Morgan fingerprint density at radius 2 is 2.22 bits per heavy atom. The van der Waals surface area contributed by atoms with Crippen LogP contribution >= 0.6 is 0 Å². The second-order valence-electron chi connectivity index (χ2n) is 4.42. The van der Waals surface area contributed by atoms with Crippen molar-refractivity contribution in [1.82, 2.24) is 5.32 Å². The summed E-state index contributed by atoms with van der Waals surface area (Å²) in [6, 6.07) is 7.11. The van der Waals surface area contributed by atoms with Crippen molar-refractivity contribution in [2.24, 2.45) is 5.92 Å². The van der Waals surface area contributed by atoms with E-state index < -0.39 is 10.8 Å². The van der Waals surface area contributed by atoms with Crippen LogP contribution in [-0.2, 0) is 16.6 Å². The lowest BCUT2D eigenvalue weighted by molar-refractivity contribution is 0.0942. The van der Waals surface area contributed by atoms with Gasteiger partial charge in [-0.2, -0.15) is 0 Å². The van der Waals surface area contributed by atoms with E-state index in [1.165, 1.54) is 0 Å². The van der Waals surface area contributed by atoms with Gasteiger partial charge in [0.15, 0.2) is 0 Å². The summed E-state index contributed by atoms with van der Waals surface area (Å²) < 4.78 is 11.1. The Hall–Kier alpha value is -1.20. The highest BCUT2D eigenvalue weighted by molar-refractivity contribution is 7.83. The molecule has 1 aromatic rings. The van der Waals surface area contributed by atoms with Crippen LogP contribution in [0.25, 0.3) is 0 Å². The fraction of sp³-hybridized carbons (Fsp3) is 0.462. The van der Waals surface area contributed by atoms with E-state index in [1.807, 2.05) is 13.0 Å². The molecule has 2 unspecified atom stereocenters. The first kappa shape index (κ1) is 14.9. The van der Waals surface area contributed by atoms with Gasteiger partial charge in [-0.3, -0.25) is 9.00 Å². The van der Waals surface area contributed by atoms with Crippen molar-refractivity contribution < 1.29 is 14.1 Å². The van der Waals surface area contributed by atoms with Crippen molar-refractivity contribution in [2.75, 3.05) is 19.4 Å². The molecule has 0 heterocycles. The van der Waals surface area contributed by atoms with Crippen molar-refractivity contribution in [2.45, 2.75) is 12.7 Å². The Balaban J connectivity index is 2.65. The first-order valence-corrected chi connectivity index (χ1v) is 7.53. The maximum atomic E-state index is 11.8. The van der Waals surface area contributed by atoms with E-state index in [1.54, 1.807) is 24.5 Å². The Morgan fingerprint density at radius 1 is 1.50 bits per heavy atom. The van der Waals surface area contributed by atoms with Crippen molar-refractivity contribution in [1.29, 1.82) is 0 Å². The van der Waals surface area contributed by atoms with Gasteiger partial charge in [0.2, 0.25) is 0 Å². The molecule has 100 valence electrons. The van der Waals surface area contributed by atoms with E-state index in [2.05, 4.69) is 5.32 Å². The SMILES string of the molecule is CC(CO)CNC(=O)c1cccc(CS(C)=O)c1. The zero-order valence-electron chi connectivity index (χ0n) is 10.7. The topological polar surface area (TPSA) is 66.4 Å². The van der Waals surface area contributed by atoms with Crippen LogP contribution in [0.5, 0.6) is 0 Å². The van der Waals surface area contributed by atoms with Crippen LogP contribution in [0.4, 0.5) is 0 Å². The third kappa shape index (κ3) is 4.98. The lowest BCUT2D eigenvalue weighted by Crippen LogP contribution is -2.29. The molecule has 0 spiro atoms. The first-order valence-electron chi connectivity index (χ1n) is 5.81. The van der Waals surface area contributed by atoms with Crippen LogP contribution in [0.3, 0.4) is 0 Å². The van der Waals surface area contributed by atoms with E-state index in [0.717, 1.165) is 5.56 Å². The average Bonchev–Trinajstić information content (AvgIpc) is 2.35. The molecule has 2 atom stereocenters. The molecule has 0 radical (unpaired) electrons. The van der Waals surface area contributed by atoms with E-state index in [0.29, 0.717) is 17.9 Å². The van der Waals surface area contributed by atoms with Gasteiger partial charge in [-0.25, -0.2) is 0 Å². The van der Waals surface area contributed by atoms with Gasteiger partial charge < -0.3 is 10.4 Å². The molecule has 4 nitrogen and oxygen atoms in total. The Morgan fingerprint density at radius 3 is 2.83 bits per heavy atom. The van der Waals surface area contributed by atoms with Crippen LogP contribution in [0.2, 0.25) is 0 Å². The number of benzene rings is 1. The van der Waals surface area contributed by atoms with Crippen LogP contribution in [0.1, 0.15) is 22.8 Å². The predicted molar refractivity (Wildman–Crippen MR) is 72.8 cm³/mol. The number of carbonyl (C=O) groups excluding carboxylic acids is 1. The summed E-state index contributed by atoms with van der Waals surface area (Å²) in [6.45, 7) is 2.35. The van der Waals surface area contributed by atoms with Gasteiger partial charge in [0.1, 0.15) is 0 Å². The van der Waals surface area contributed by atoms with Crippen LogP contribution < -0.4 is 5.32 Å². The van der Waals surface area contributed by atoms with Gasteiger partial charge in [-0.15, -0.1) is 0 Å². The van der Waals surface area contributed by atoms with Crippen LogP contribution in [0.15, 0.2) is 24.3 Å². The maximum absolute atomic E-state index is 11.8. The third-order valence-electron chi connectivity index (χ3n) is 2.48. The molecule has 0 fully saturated rings. The highest BCUT2D eigenvalue weighted by atomic mass is 32.2. The van der Waals surface area contributed by atoms with E-state index >= 15 is 0 Å². The summed E-state index contributed by atoms with van der Waals surface area (Å²) in [5.74, 6) is 0.327. The van der Waals surface area contributed by atoms with Gasteiger partial charge in [-0.1, -0.05) is 19.1 Å². The maximum Gasteiger partial charge on any atom is 0.251 e. The fourth-order valence-corrected chi connectivity index (χ4v) is 2.12. The number of rotatable bonds is 6. The second kappa shape index (κ2) is 7.28. The highest BCUT2D eigenvalue weighted by Gasteiger charge is 2.08. The number of carbonyl (C=O) groups is 1. The first-order chi connectivity index (χ1) is 8.52. The molecule has 1 amide bonds. The van der Waals surface area contributed by atoms with Crippen molar-refractivity contribution in [3.05, 3.63) is 35.4 Å². The minimum Gasteiger partial charge on any atom is -0.396 e. The number of hydrogen-bond donors (Lipinski definition) is 2. The Kier molecular flexibility index (Phi) is 6.01. The smallest absolute Gasteiger partial charge is 0.251 e. The minimum atomic E-state index is -0.915. The minimum absolute atomic E-state index is 0.0419. The number of amides is 1. The van der Waals surface area contributed by atoms with Crippen molar-refractivity contribution in [3.8, 4) is 0 Å². The number of aliphatic hydroxyl groups is 1. The monoisotopic (exact) mass is 269 g/mol. The summed E-state index contributed by atoms with van der Waals surface area (Å²) in [5.41, 5.74) is 1.45. The molecule has 1 aromatic carbocycles. The van der Waals surface area contributed by atoms with Gasteiger partial charge in [0, 0.05) is 41.5 Å². The standard InChI is InChI=1S/C13H19NO3S/c1-10(8-15)7-14-13(16)12-5-3-4-11(6-12)9-18(2)17/h3-6,10,15H,7-9H2,1-2H3,(H,14,16). The summed E-state index contributed by atoms with van der Waals surface area (Å²) in [6.07, 6.45) is 1.63. The third-order valence-corrected chi connectivity index (χ3v) is 3.22. The molecular formula is C13H19NO3S. The molecule has 1 rings (SSSR count).